The molecule has 1 aliphatic rings. The van der Waals surface area contributed by atoms with Crippen LogP contribution in [0.1, 0.15) is 229 Å². The van der Waals surface area contributed by atoms with Gasteiger partial charge in [-0.3, -0.25) is 0 Å². The lowest BCUT2D eigenvalue weighted by Crippen LogP contribution is -2.05. The van der Waals surface area contributed by atoms with Crippen LogP contribution >= 0.6 is 0 Å². The summed E-state index contributed by atoms with van der Waals surface area (Å²) in [6, 6.07) is 16.9. The van der Waals surface area contributed by atoms with Crippen molar-refractivity contribution < 1.29 is 4.70 Å². The zero-order valence-electron chi connectivity index (χ0n) is 36.3. The van der Waals surface area contributed by atoms with Crippen molar-refractivity contribution in [3.8, 4) is 23.7 Å². The van der Waals surface area contributed by atoms with Crippen LogP contribution in [0.2, 0.25) is 0 Å². The fourth-order valence-electron chi connectivity index (χ4n) is 8.02. The lowest BCUT2D eigenvalue weighted by Gasteiger charge is -2.13. The molecule has 1 aliphatic heterocycles. The standard InChI is InChI=1S/C54H80N2/c1-3-5-7-9-11-13-15-17-19-21-23-25-27-29-31-33-35-41-49-43-37-39-45-51(49)53-47-48-54(56(53)55)52-46-40-38-44-50(52)42-36-34-32-30-28-26-24-22-20-18-16-14-12-10-8-6-4-2/h37-40,43-48H,3-30,35-36,41-42H2,1-2H3. The van der Waals surface area contributed by atoms with Crippen LogP contribution in [0.4, 0.5) is 0 Å². The molecule has 0 fully saturated rings. The zero-order valence-corrected chi connectivity index (χ0v) is 36.3. The number of allylic oxidation sites excluding steroid dienone is 2. The van der Waals surface area contributed by atoms with Gasteiger partial charge in [0, 0.05) is 49.0 Å². The number of nitrogens with zero attached hydrogens (tertiary/aromatic N) is 2. The minimum Gasteiger partial charge on any atom is -0.493 e. The summed E-state index contributed by atoms with van der Waals surface area (Å²) in [7, 11) is 0. The third-order valence-electron chi connectivity index (χ3n) is 11.5. The summed E-state index contributed by atoms with van der Waals surface area (Å²) in [5.41, 5.74) is 17.8. The first kappa shape index (κ1) is 47.0. The molecule has 0 spiro atoms. The highest BCUT2D eigenvalue weighted by Crippen LogP contribution is 2.34. The van der Waals surface area contributed by atoms with Gasteiger partial charge in [0.1, 0.15) is 0 Å². The van der Waals surface area contributed by atoms with Gasteiger partial charge in [0.2, 0.25) is 11.4 Å². The summed E-state index contributed by atoms with van der Waals surface area (Å²) in [5.74, 6) is 13.7. The number of hydrogen-bond acceptors (Lipinski definition) is 0. The fraction of sp³-hybridized carbons (Fsp3) is 0.630. The van der Waals surface area contributed by atoms with E-state index in [9.17, 15) is 5.53 Å². The minimum absolute atomic E-state index is 0.836. The molecule has 2 aromatic rings. The summed E-state index contributed by atoms with van der Waals surface area (Å²) >= 11 is 0. The Morgan fingerprint density at radius 2 is 0.661 bits per heavy atom. The first-order valence-electron chi connectivity index (χ1n) is 23.7. The molecule has 56 heavy (non-hydrogen) atoms. The van der Waals surface area contributed by atoms with E-state index in [0.717, 1.165) is 61.0 Å². The van der Waals surface area contributed by atoms with E-state index in [4.69, 9.17) is 0 Å². The monoisotopic (exact) mass is 757 g/mol. The molecule has 0 unspecified atom stereocenters. The van der Waals surface area contributed by atoms with E-state index in [2.05, 4.69) is 98.2 Å². The Labute approximate surface area is 346 Å². The Kier molecular flexibility index (Phi) is 27.5. The molecule has 3 rings (SSSR count). The van der Waals surface area contributed by atoms with E-state index < -0.39 is 0 Å². The lowest BCUT2D eigenvalue weighted by molar-refractivity contribution is -0.344. The molecule has 0 aromatic heterocycles. The van der Waals surface area contributed by atoms with Crippen molar-refractivity contribution in [1.82, 2.24) is 0 Å². The van der Waals surface area contributed by atoms with E-state index in [1.54, 1.807) is 0 Å². The summed E-state index contributed by atoms with van der Waals surface area (Å²) in [6.45, 7) is 4.58. The SMILES string of the molecule is CCCCCCCCCCCCCCCC#CCCc1ccccc1C1=CC=C(c2ccccc2CCC#CCCCCCCCCCCCCCCC)[N+]1=[N-]. The second kappa shape index (κ2) is 32.7. The molecule has 2 aromatic carbocycles. The smallest absolute Gasteiger partial charge is 0.207 e. The summed E-state index contributed by atoms with van der Waals surface area (Å²) in [6.07, 6.45) is 45.6. The predicted octanol–water partition coefficient (Wildman–Crippen LogP) is 17.0. The molecule has 0 bridgehead atoms. The van der Waals surface area contributed by atoms with E-state index in [-0.39, 0.29) is 0 Å². The highest BCUT2D eigenvalue weighted by Gasteiger charge is 2.25. The van der Waals surface area contributed by atoms with Crippen molar-refractivity contribution in [2.24, 2.45) is 0 Å². The molecule has 0 amide bonds. The zero-order chi connectivity index (χ0) is 39.6. The van der Waals surface area contributed by atoms with E-state index >= 15 is 0 Å². The molecule has 0 aliphatic carbocycles. The Morgan fingerprint density at radius 1 is 0.375 bits per heavy atom. The fourth-order valence-corrected chi connectivity index (χ4v) is 8.02. The van der Waals surface area contributed by atoms with E-state index in [1.807, 2.05) is 0 Å². The van der Waals surface area contributed by atoms with Crippen LogP contribution in [-0.4, -0.2) is 4.70 Å². The van der Waals surface area contributed by atoms with E-state index in [0.29, 0.717) is 0 Å². The van der Waals surface area contributed by atoms with Crippen molar-refractivity contribution >= 4 is 11.4 Å². The molecule has 2 heteroatoms. The number of rotatable bonds is 32. The van der Waals surface area contributed by atoms with Gasteiger partial charge in [-0.25, -0.2) is 4.70 Å². The maximum atomic E-state index is 11.5. The van der Waals surface area contributed by atoms with Gasteiger partial charge in [-0.2, -0.15) is 0 Å². The molecule has 0 radical (unpaired) electrons. The molecule has 0 saturated carbocycles. The quantitative estimate of drug-likeness (QED) is 0.0404. The Hall–Kier alpha value is -3.36. The van der Waals surface area contributed by atoms with Crippen LogP contribution in [0.25, 0.3) is 16.9 Å². The first-order chi connectivity index (χ1) is 27.8. The molecular weight excluding hydrogens is 677 g/mol. The molecule has 306 valence electrons. The van der Waals surface area contributed by atoms with Gasteiger partial charge in [0.15, 0.2) is 0 Å². The first-order valence-corrected chi connectivity index (χ1v) is 23.7. The number of aryl methyl sites for hydroxylation is 2. The molecule has 2 nitrogen and oxygen atoms in total. The van der Waals surface area contributed by atoms with Crippen LogP contribution in [-0.2, 0) is 12.8 Å². The van der Waals surface area contributed by atoms with Gasteiger partial charge in [-0.1, -0.05) is 204 Å². The van der Waals surface area contributed by atoms with Crippen LogP contribution < -0.4 is 0 Å². The van der Waals surface area contributed by atoms with Crippen LogP contribution in [0, 0.1) is 23.7 Å². The third kappa shape index (κ3) is 20.7. The second-order valence-corrected chi connectivity index (χ2v) is 16.4. The van der Waals surface area contributed by atoms with Crippen LogP contribution in [0.5, 0.6) is 0 Å². The van der Waals surface area contributed by atoms with Gasteiger partial charge < -0.3 is 5.53 Å². The average molecular weight is 757 g/mol. The number of hydrogen-bond donors (Lipinski definition) is 0. The van der Waals surface area contributed by atoms with Crippen molar-refractivity contribution in [2.45, 2.75) is 219 Å². The Balaban J connectivity index is 1.29. The van der Waals surface area contributed by atoms with Gasteiger partial charge in [-0.05, 0) is 48.9 Å². The van der Waals surface area contributed by atoms with Crippen LogP contribution in [0.3, 0.4) is 0 Å². The highest BCUT2D eigenvalue weighted by atomic mass is 15.2. The number of benzene rings is 2. The summed E-state index contributed by atoms with van der Waals surface area (Å²) in [5, 5.41) is 0. The number of unbranched alkanes of at least 4 members (excludes halogenated alkanes) is 26. The van der Waals surface area contributed by atoms with Crippen molar-refractivity contribution in [3.05, 3.63) is 88.5 Å². The molecule has 0 atom stereocenters. The Bertz CT molecular complexity index is 1400. The Morgan fingerprint density at radius 3 is 1.00 bits per heavy atom. The molecule has 0 N–H and O–H groups in total. The van der Waals surface area contributed by atoms with Crippen molar-refractivity contribution in [3.63, 3.8) is 0 Å². The normalized spacial score (nSPS) is 12.2. The molecule has 0 saturated heterocycles. The van der Waals surface area contributed by atoms with Crippen molar-refractivity contribution in [2.75, 3.05) is 0 Å². The van der Waals surface area contributed by atoms with Crippen LogP contribution in [0.15, 0.2) is 60.7 Å². The third-order valence-corrected chi connectivity index (χ3v) is 11.5. The average Bonchev–Trinajstić information content (AvgIpc) is 3.60. The van der Waals surface area contributed by atoms with Gasteiger partial charge >= 0.3 is 0 Å². The van der Waals surface area contributed by atoms with Crippen molar-refractivity contribution in [1.29, 1.82) is 0 Å². The van der Waals surface area contributed by atoms with Gasteiger partial charge in [0.25, 0.3) is 0 Å². The largest absolute Gasteiger partial charge is 0.493 e. The minimum atomic E-state index is 0.836. The highest BCUT2D eigenvalue weighted by molar-refractivity contribution is 5.77. The maximum Gasteiger partial charge on any atom is 0.207 e. The molecule has 1 heterocycles. The second-order valence-electron chi connectivity index (χ2n) is 16.4. The summed E-state index contributed by atoms with van der Waals surface area (Å²) < 4.78 is 1.39. The van der Waals surface area contributed by atoms with Gasteiger partial charge in [-0.15, -0.1) is 23.7 Å². The van der Waals surface area contributed by atoms with Gasteiger partial charge in [0.05, 0.1) is 0 Å². The summed E-state index contributed by atoms with van der Waals surface area (Å²) in [4.78, 5) is 0. The lowest BCUT2D eigenvalue weighted by atomic mass is 9.99. The van der Waals surface area contributed by atoms with E-state index in [1.165, 1.54) is 183 Å². The molecular formula is C54H80N2. The topological polar surface area (TPSA) is 25.3 Å². The predicted molar refractivity (Wildman–Crippen MR) is 245 cm³/mol. The maximum absolute atomic E-state index is 11.5.